The maximum atomic E-state index is 12.3. The molecule has 1 aromatic rings. The monoisotopic (exact) mass is 305 g/mol. The van der Waals surface area contributed by atoms with Gasteiger partial charge in [-0.2, -0.15) is 0 Å². The molecule has 1 N–H and O–H groups in total. The third-order valence-corrected chi connectivity index (χ3v) is 4.93. The van der Waals surface area contributed by atoms with Crippen LogP contribution in [-0.4, -0.2) is 31.8 Å². The fourth-order valence-corrected chi connectivity index (χ4v) is 3.23. The molecule has 0 unspecified atom stereocenters. The smallest absolute Gasteiger partial charge is 0.220 e. The largest absolute Gasteiger partial charge is 0.496 e. The van der Waals surface area contributed by atoms with Gasteiger partial charge in [0.1, 0.15) is 5.75 Å². The van der Waals surface area contributed by atoms with Crippen LogP contribution in [0.2, 0.25) is 0 Å². The topological polar surface area (TPSA) is 47.6 Å². The second kappa shape index (κ2) is 7.14. The van der Waals surface area contributed by atoms with Gasteiger partial charge in [-0.1, -0.05) is 25.1 Å². The molecular weight excluding hydrogens is 278 g/mol. The molecule has 0 radical (unpaired) electrons. The van der Waals surface area contributed by atoms with Crippen molar-refractivity contribution >= 4 is 5.91 Å². The summed E-state index contributed by atoms with van der Waals surface area (Å²) in [5.41, 5.74) is 0.904. The highest BCUT2D eigenvalue weighted by Gasteiger charge is 2.42. The summed E-state index contributed by atoms with van der Waals surface area (Å²) in [4.78, 5) is 12.3. The van der Waals surface area contributed by atoms with E-state index >= 15 is 0 Å². The number of nitrogens with one attached hydrogen (secondary N) is 1. The summed E-state index contributed by atoms with van der Waals surface area (Å²) in [6.45, 7) is 4.09. The van der Waals surface area contributed by atoms with Crippen LogP contribution in [0.15, 0.2) is 24.3 Å². The zero-order valence-corrected chi connectivity index (χ0v) is 14.0. The van der Waals surface area contributed by atoms with Crippen LogP contribution in [0.3, 0.4) is 0 Å². The molecule has 1 aromatic carbocycles. The van der Waals surface area contributed by atoms with Crippen LogP contribution in [0.25, 0.3) is 0 Å². The van der Waals surface area contributed by atoms with Crippen LogP contribution in [0.5, 0.6) is 5.75 Å². The van der Waals surface area contributed by atoms with E-state index in [1.165, 1.54) is 6.42 Å². The fraction of sp³-hybridized carbons (Fsp3) is 0.611. The minimum absolute atomic E-state index is 0.0450. The highest BCUT2D eigenvalue weighted by molar-refractivity contribution is 5.77. The summed E-state index contributed by atoms with van der Waals surface area (Å²) in [6.07, 6.45) is 3.66. The summed E-state index contributed by atoms with van der Waals surface area (Å²) >= 11 is 0. The van der Waals surface area contributed by atoms with Crippen LogP contribution in [0.4, 0.5) is 0 Å². The minimum Gasteiger partial charge on any atom is -0.496 e. The number of carbonyl (C=O) groups is 1. The van der Waals surface area contributed by atoms with Crippen LogP contribution >= 0.6 is 0 Å². The summed E-state index contributed by atoms with van der Waals surface area (Å²) < 4.78 is 11.0. The van der Waals surface area contributed by atoms with Crippen molar-refractivity contribution in [2.24, 2.45) is 0 Å². The summed E-state index contributed by atoms with van der Waals surface area (Å²) in [7, 11) is 3.39. The Balaban J connectivity index is 1.94. The average molecular weight is 305 g/mol. The van der Waals surface area contributed by atoms with E-state index in [0.29, 0.717) is 6.42 Å². The lowest BCUT2D eigenvalue weighted by atomic mass is 9.75. The maximum Gasteiger partial charge on any atom is 0.220 e. The van der Waals surface area contributed by atoms with Gasteiger partial charge in [0.15, 0.2) is 0 Å². The van der Waals surface area contributed by atoms with Crippen LogP contribution in [-0.2, 0) is 9.53 Å². The molecule has 2 atom stereocenters. The van der Waals surface area contributed by atoms with Crippen molar-refractivity contribution in [3.63, 3.8) is 0 Å². The average Bonchev–Trinajstić information content (AvgIpc) is 2.46. The van der Waals surface area contributed by atoms with E-state index < -0.39 is 0 Å². The van der Waals surface area contributed by atoms with Gasteiger partial charge < -0.3 is 14.8 Å². The van der Waals surface area contributed by atoms with E-state index in [9.17, 15) is 4.79 Å². The van der Waals surface area contributed by atoms with E-state index in [1.807, 2.05) is 31.2 Å². The third kappa shape index (κ3) is 3.43. The van der Waals surface area contributed by atoms with Crippen LogP contribution in [0, 0.1) is 0 Å². The van der Waals surface area contributed by atoms with Crippen molar-refractivity contribution in [1.82, 2.24) is 5.32 Å². The predicted molar refractivity (Wildman–Crippen MR) is 87.2 cm³/mol. The van der Waals surface area contributed by atoms with Gasteiger partial charge in [0.25, 0.3) is 0 Å². The minimum atomic E-state index is -0.163. The van der Waals surface area contributed by atoms with E-state index in [2.05, 4.69) is 12.2 Å². The van der Waals surface area contributed by atoms with Gasteiger partial charge in [-0.3, -0.25) is 4.79 Å². The van der Waals surface area contributed by atoms with Crippen LogP contribution in [0.1, 0.15) is 51.0 Å². The number of rotatable bonds is 7. The lowest BCUT2D eigenvalue weighted by Gasteiger charge is -2.45. The Labute approximate surface area is 133 Å². The molecule has 0 aliphatic heterocycles. The van der Waals surface area contributed by atoms with Gasteiger partial charge >= 0.3 is 0 Å². The molecule has 2 rings (SSSR count). The van der Waals surface area contributed by atoms with E-state index in [-0.39, 0.29) is 23.5 Å². The Morgan fingerprint density at radius 2 is 1.95 bits per heavy atom. The summed E-state index contributed by atoms with van der Waals surface area (Å²) in [5.74, 6) is 1.01. The molecule has 1 fully saturated rings. The van der Waals surface area contributed by atoms with Crippen LogP contribution < -0.4 is 10.1 Å². The number of hydrogen-bond donors (Lipinski definition) is 1. The third-order valence-electron chi connectivity index (χ3n) is 4.93. The van der Waals surface area contributed by atoms with Crippen molar-refractivity contribution in [2.45, 2.75) is 57.1 Å². The van der Waals surface area contributed by atoms with E-state index in [1.54, 1.807) is 14.2 Å². The van der Waals surface area contributed by atoms with Crippen molar-refractivity contribution in [2.75, 3.05) is 14.2 Å². The zero-order chi connectivity index (χ0) is 16.2. The standard InChI is InChI=1S/C18H27NO3/c1-13(15-8-5-6-9-16(15)21-3)12-17(20)19-14(2)18(22-4)10-7-11-18/h5-6,8-9,13-14H,7,10-12H2,1-4H3,(H,19,20)/t13-,14+/m1/s1. The fourth-order valence-electron chi connectivity index (χ4n) is 3.23. The highest BCUT2D eigenvalue weighted by atomic mass is 16.5. The predicted octanol–water partition coefficient (Wildman–Crippen LogP) is 3.26. The number of ether oxygens (including phenoxy) is 2. The Bertz CT molecular complexity index is 505. The normalized spacial score (nSPS) is 18.9. The SMILES string of the molecule is COc1ccccc1[C@H](C)CC(=O)N[C@@H](C)C1(OC)CCC1. The van der Waals surface area contributed by atoms with E-state index in [0.717, 1.165) is 24.2 Å². The Hall–Kier alpha value is -1.55. The Morgan fingerprint density at radius 3 is 2.50 bits per heavy atom. The lowest BCUT2D eigenvalue weighted by Crippen LogP contribution is -2.56. The second-order valence-electron chi connectivity index (χ2n) is 6.26. The molecule has 0 heterocycles. The van der Waals surface area contributed by atoms with Gasteiger partial charge in [0.05, 0.1) is 18.8 Å². The Morgan fingerprint density at radius 1 is 1.27 bits per heavy atom. The molecule has 22 heavy (non-hydrogen) atoms. The van der Waals surface area contributed by atoms with Gasteiger partial charge in [-0.25, -0.2) is 0 Å². The van der Waals surface area contributed by atoms with Gasteiger partial charge in [-0.15, -0.1) is 0 Å². The number of amides is 1. The van der Waals surface area contributed by atoms with Gasteiger partial charge in [0.2, 0.25) is 5.91 Å². The number of carbonyl (C=O) groups excluding carboxylic acids is 1. The van der Waals surface area contributed by atoms with E-state index in [4.69, 9.17) is 9.47 Å². The van der Waals surface area contributed by atoms with Crippen molar-refractivity contribution in [3.8, 4) is 5.75 Å². The van der Waals surface area contributed by atoms with Crippen molar-refractivity contribution < 1.29 is 14.3 Å². The van der Waals surface area contributed by atoms with Gasteiger partial charge in [-0.05, 0) is 43.7 Å². The molecule has 1 aliphatic rings. The summed E-state index contributed by atoms with van der Waals surface area (Å²) in [5, 5.41) is 3.11. The first kappa shape index (κ1) is 16.8. The first-order chi connectivity index (χ1) is 10.5. The molecule has 0 bridgehead atoms. The van der Waals surface area contributed by atoms with Crippen molar-refractivity contribution in [3.05, 3.63) is 29.8 Å². The molecule has 122 valence electrons. The molecule has 1 aliphatic carbocycles. The quantitative estimate of drug-likeness (QED) is 0.841. The Kier molecular flexibility index (Phi) is 5.46. The van der Waals surface area contributed by atoms with Crippen molar-refractivity contribution in [1.29, 1.82) is 0 Å². The molecule has 1 saturated carbocycles. The number of benzene rings is 1. The highest BCUT2D eigenvalue weighted by Crippen LogP contribution is 2.38. The number of para-hydroxylation sites is 1. The molecular formula is C18H27NO3. The first-order valence-electron chi connectivity index (χ1n) is 8.00. The van der Waals surface area contributed by atoms with Gasteiger partial charge in [0, 0.05) is 13.5 Å². The molecule has 1 amide bonds. The molecule has 4 nitrogen and oxygen atoms in total. The lowest BCUT2D eigenvalue weighted by molar-refractivity contribution is -0.130. The molecule has 0 spiro atoms. The number of hydrogen-bond acceptors (Lipinski definition) is 3. The zero-order valence-electron chi connectivity index (χ0n) is 14.0. The molecule has 0 saturated heterocycles. The maximum absolute atomic E-state index is 12.3. The molecule has 4 heteroatoms. The second-order valence-corrected chi connectivity index (χ2v) is 6.26. The first-order valence-corrected chi connectivity index (χ1v) is 8.00. The number of methoxy groups -OCH3 is 2. The molecule has 0 aromatic heterocycles. The summed E-state index contributed by atoms with van der Waals surface area (Å²) in [6, 6.07) is 7.91.